The summed E-state index contributed by atoms with van der Waals surface area (Å²) in [5.74, 6) is -0.163. The first-order chi connectivity index (χ1) is 15.8. The van der Waals surface area contributed by atoms with E-state index in [1.54, 1.807) is 36.4 Å². The fourth-order valence-electron chi connectivity index (χ4n) is 4.12. The van der Waals surface area contributed by atoms with Gasteiger partial charge in [0.2, 0.25) is 0 Å². The largest absolute Gasteiger partial charge is 0.350 e. The first kappa shape index (κ1) is 23.1. The monoisotopic (exact) mass is 465 g/mol. The van der Waals surface area contributed by atoms with Crippen molar-refractivity contribution in [3.05, 3.63) is 70.4 Å². The number of likely N-dealkylation sites (tertiary alicyclic amines) is 1. The number of hydrogen-bond donors (Lipinski definition) is 1. The highest BCUT2D eigenvalue weighted by atomic mass is 35.5. The van der Waals surface area contributed by atoms with Crippen LogP contribution in [0.15, 0.2) is 59.3 Å². The predicted octanol–water partition coefficient (Wildman–Crippen LogP) is 5.12. The van der Waals surface area contributed by atoms with Gasteiger partial charge >= 0.3 is 0 Å². The molecule has 2 aromatic rings. The number of imide groups is 1. The molecule has 6 nitrogen and oxygen atoms in total. The third-order valence-corrected chi connectivity index (χ3v) is 6.65. The predicted molar refractivity (Wildman–Crippen MR) is 130 cm³/mol. The van der Waals surface area contributed by atoms with Crippen molar-refractivity contribution in [3.63, 3.8) is 0 Å². The number of nitrogens with zero attached hydrogens (tertiary/aromatic N) is 2. The normalized spacial score (nSPS) is 17.4. The fourth-order valence-corrected chi connectivity index (χ4v) is 4.34. The minimum Gasteiger partial charge on any atom is -0.350 e. The molecule has 0 bridgehead atoms. The number of piperidine rings is 1. The van der Waals surface area contributed by atoms with Crippen molar-refractivity contribution in [2.45, 2.75) is 39.5 Å². The first-order valence-corrected chi connectivity index (χ1v) is 11.7. The summed E-state index contributed by atoms with van der Waals surface area (Å²) >= 11 is 6.27. The van der Waals surface area contributed by atoms with E-state index in [0.717, 1.165) is 36.4 Å². The van der Waals surface area contributed by atoms with E-state index in [9.17, 15) is 14.4 Å². The molecular formula is C26H28ClN3O3. The van der Waals surface area contributed by atoms with Crippen molar-refractivity contribution >= 4 is 40.7 Å². The van der Waals surface area contributed by atoms with Gasteiger partial charge in [-0.2, -0.15) is 0 Å². The van der Waals surface area contributed by atoms with Gasteiger partial charge in [0.1, 0.15) is 10.7 Å². The summed E-state index contributed by atoms with van der Waals surface area (Å²) in [5, 5.41) is 2.80. The zero-order valence-corrected chi connectivity index (χ0v) is 19.9. The van der Waals surface area contributed by atoms with Gasteiger partial charge in [-0.1, -0.05) is 50.6 Å². The highest BCUT2D eigenvalue weighted by Gasteiger charge is 2.39. The number of carbonyl (C=O) groups is 3. The fraction of sp³-hybridized carbons (Fsp3) is 0.346. The van der Waals surface area contributed by atoms with Crippen LogP contribution in [-0.2, 0) is 9.59 Å². The molecule has 3 amide bonds. The quantitative estimate of drug-likeness (QED) is 0.622. The van der Waals surface area contributed by atoms with Gasteiger partial charge in [-0.3, -0.25) is 14.4 Å². The molecule has 2 aliphatic heterocycles. The SMILES string of the molecule is CC1CCN(C(=O)c2cccc(NC3=C(Cl)C(=O)N(c4ccc(C(C)C)cc4)C3=O)c2)CC1. The molecule has 0 spiro atoms. The molecule has 7 heteroatoms. The summed E-state index contributed by atoms with van der Waals surface area (Å²) in [6.45, 7) is 7.84. The van der Waals surface area contributed by atoms with Crippen molar-refractivity contribution in [2.24, 2.45) is 5.92 Å². The van der Waals surface area contributed by atoms with E-state index in [2.05, 4.69) is 26.1 Å². The zero-order chi connectivity index (χ0) is 23.7. The van der Waals surface area contributed by atoms with Crippen molar-refractivity contribution in [1.29, 1.82) is 0 Å². The van der Waals surface area contributed by atoms with E-state index in [-0.39, 0.29) is 16.6 Å². The first-order valence-electron chi connectivity index (χ1n) is 11.3. The maximum atomic E-state index is 13.1. The molecule has 2 aromatic carbocycles. The standard InChI is InChI=1S/C26H28ClN3O3/c1-16(2)18-7-9-21(10-8-18)30-25(32)22(27)23(26(30)33)28-20-6-4-5-19(15-20)24(31)29-13-11-17(3)12-14-29/h4-10,15-17,28H,11-14H2,1-3H3. The van der Waals surface area contributed by atoms with Gasteiger partial charge in [-0.25, -0.2) is 4.90 Å². The second-order valence-corrected chi connectivity index (χ2v) is 9.44. The van der Waals surface area contributed by atoms with Crippen molar-refractivity contribution in [2.75, 3.05) is 23.3 Å². The van der Waals surface area contributed by atoms with Crippen molar-refractivity contribution < 1.29 is 14.4 Å². The average molecular weight is 466 g/mol. The van der Waals surface area contributed by atoms with Crippen LogP contribution in [0, 0.1) is 5.92 Å². The van der Waals surface area contributed by atoms with Crippen LogP contribution in [0.1, 0.15) is 55.5 Å². The molecule has 1 saturated heterocycles. The summed E-state index contributed by atoms with van der Waals surface area (Å²) in [7, 11) is 0. The molecule has 0 radical (unpaired) electrons. The molecule has 1 N–H and O–H groups in total. The van der Waals surface area contributed by atoms with Crippen LogP contribution >= 0.6 is 11.6 Å². The molecule has 0 saturated carbocycles. The topological polar surface area (TPSA) is 69.7 Å². The summed E-state index contributed by atoms with van der Waals surface area (Å²) in [4.78, 5) is 41.7. The van der Waals surface area contributed by atoms with Gasteiger partial charge in [0, 0.05) is 24.3 Å². The number of nitrogens with one attached hydrogen (secondary N) is 1. The van der Waals surface area contributed by atoms with Gasteiger partial charge in [0.05, 0.1) is 5.69 Å². The summed E-state index contributed by atoms with van der Waals surface area (Å²) in [6, 6.07) is 14.2. The van der Waals surface area contributed by atoms with E-state index >= 15 is 0 Å². The lowest BCUT2D eigenvalue weighted by Crippen LogP contribution is -2.37. The minimum atomic E-state index is -0.573. The Balaban J connectivity index is 1.52. The highest BCUT2D eigenvalue weighted by Crippen LogP contribution is 2.31. The Bertz CT molecular complexity index is 1120. The second-order valence-electron chi connectivity index (χ2n) is 9.06. The summed E-state index contributed by atoms with van der Waals surface area (Å²) < 4.78 is 0. The molecule has 0 atom stereocenters. The Morgan fingerprint density at radius 3 is 2.33 bits per heavy atom. The van der Waals surface area contributed by atoms with E-state index in [1.165, 1.54) is 0 Å². The number of amides is 3. The lowest BCUT2D eigenvalue weighted by Gasteiger charge is -2.30. The Morgan fingerprint density at radius 2 is 1.70 bits per heavy atom. The van der Waals surface area contributed by atoms with Gasteiger partial charge in [-0.05, 0) is 60.6 Å². The lowest BCUT2D eigenvalue weighted by atomic mass is 9.98. The number of anilines is 2. The number of benzene rings is 2. The van der Waals surface area contributed by atoms with Gasteiger partial charge in [-0.15, -0.1) is 0 Å². The second kappa shape index (κ2) is 9.40. The molecule has 0 aliphatic carbocycles. The van der Waals surface area contributed by atoms with E-state index < -0.39 is 11.8 Å². The Morgan fingerprint density at radius 1 is 1.03 bits per heavy atom. The summed E-state index contributed by atoms with van der Waals surface area (Å²) in [5.41, 5.74) is 2.64. The van der Waals surface area contributed by atoms with Crippen molar-refractivity contribution in [3.8, 4) is 0 Å². The lowest BCUT2D eigenvalue weighted by molar-refractivity contribution is -0.120. The highest BCUT2D eigenvalue weighted by molar-refractivity contribution is 6.53. The van der Waals surface area contributed by atoms with E-state index in [1.807, 2.05) is 17.0 Å². The molecule has 0 aromatic heterocycles. The van der Waals surface area contributed by atoms with Crippen LogP contribution in [0.4, 0.5) is 11.4 Å². The molecule has 2 aliphatic rings. The maximum absolute atomic E-state index is 13.1. The number of halogens is 1. The number of rotatable bonds is 5. The molecular weight excluding hydrogens is 438 g/mol. The van der Waals surface area contributed by atoms with Crippen LogP contribution in [0.5, 0.6) is 0 Å². The maximum Gasteiger partial charge on any atom is 0.283 e. The van der Waals surface area contributed by atoms with Gasteiger partial charge in [0.25, 0.3) is 17.7 Å². The van der Waals surface area contributed by atoms with E-state index in [0.29, 0.717) is 28.8 Å². The third kappa shape index (κ3) is 4.67. The number of hydrogen-bond acceptors (Lipinski definition) is 4. The Kier molecular flexibility index (Phi) is 6.56. The molecule has 2 heterocycles. The zero-order valence-electron chi connectivity index (χ0n) is 19.1. The summed E-state index contributed by atoms with van der Waals surface area (Å²) in [6.07, 6.45) is 1.99. The molecule has 4 rings (SSSR count). The van der Waals surface area contributed by atoms with Gasteiger partial charge < -0.3 is 10.2 Å². The van der Waals surface area contributed by atoms with Crippen LogP contribution in [0.25, 0.3) is 0 Å². The molecule has 33 heavy (non-hydrogen) atoms. The van der Waals surface area contributed by atoms with Gasteiger partial charge in [0.15, 0.2) is 0 Å². The van der Waals surface area contributed by atoms with Crippen molar-refractivity contribution in [1.82, 2.24) is 4.90 Å². The van der Waals surface area contributed by atoms with Crippen LogP contribution in [-0.4, -0.2) is 35.7 Å². The van der Waals surface area contributed by atoms with E-state index in [4.69, 9.17) is 11.6 Å². The number of carbonyl (C=O) groups excluding carboxylic acids is 3. The molecule has 1 fully saturated rings. The molecule has 0 unspecified atom stereocenters. The Labute approximate surface area is 199 Å². The minimum absolute atomic E-state index is 0.00555. The third-order valence-electron chi connectivity index (χ3n) is 6.29. The van der Waals surface area contributed by atoms with Crippen LogP contribution < -0.4 is 10.2 Å². The van der Waals surface area contributed by atoms with Crippen LogP contribution in [0.2, 0.25) is 0 Å². The molecule has 172 valence electrons. The smallest absolute Gasteiger partial charge is 0.283 e. The average Bonchev–Trinajstić information content (AvgIpc) is 3.02. The Hall–Kier alpha value is -3.12. The van der Waals surface area contributed by atoms with Crippen LogP contribution in [0.3, 0.4) is 0 Å².